The van der Waals surface area contributed by atoms with E-state index >= 15 is 0 Å². The number of hydrogen-bond donors (Lipinski definition) is 0. The lowest BCUT2D eigenvalue weighted by atomic mass is 9.87. The quantitative estimate of drug-likeness (QED) is 0.536. The summed E-state index contributed by atoms with van der Waals surface area (Å²) in [5.74, 6) is 0.967. The number of aryl methyl sites for hydroxylation is 1. The maximum Gasteiger partial charge on any atom is 0.231 e. The topological polar surface area (TPSA) is 35.3 Å². The molecular formula is C21H21ClFNO2. The van der Waals surface area contributed by atoms with Gasteiger partial charge in [0.1, 0.15) is 18.2 Å². The van der Waals surface area contributed by atoms with Crippen LogP contribution in [0.2, 0.25) is 5.02 Å². The number of nitrogens with zero attached hydrogens (tertiary/aromatic N) is 1. The smallest absolute Gasteiger partial charge is 0.231 e. The van der Waals surface area contributed by atoms with Gasteiger partial charge in [-0.25, -0.2) is 9.37 Å². The van der Waals surface area contributed by atoms with E-state index in [2.05, 4.69) is 25.8 Å². The van der Waals surface area contributed by atoms with Crippen molar-refractivity contribution in [1.82, 2.24) is 4.98 Å². The predicted molar refractivity (Wildman–Crippen MR) is 101 cm³/mol. The molecule has 3 nitrogen and oxygen atoms in total. The van der Waals surface area contributed by atoms with Gasteiger partial charge in [-0.2, -0.15) is 0 Å². The number of halogens is 2. The van der Waals surface area contributed by atoms with Crippen LogP contribution in [0.3, 0.4) is 0 Å². The molecule has 0 aliphatic carbocycles. The summed E-state index contributed by atoms with van der Waals surface area (Å²) >= 11 is 6.08. The highest BCUT2D eigenvalue weighted by molar-refractivity contribution is 6.33. The first-order valence-corrected chi connectivity index (χ1v) is 8.77. The summed E-state index contributed by atoms with van der Waals surface area (Å²) in [5.41, 5.74) is 2.13. The number of aromatic nitrogens is 1. The minimum Gasteiger partial charge on any atom is -0.486 e. The van der Waals surface area contributed by atoms with Gasteiger partial charge in [0, 0.05) is 0 Å². The Morgan fingerprint density at radius 1 is 1.12 bits per heavy atom. The van der Waals surface area contributed by atoms with Crippen LogP contribution in [0.1, 0.15) is 37.8 Å². The Hall–Kier alpha value is -2.33. The molecule has 3 aromatic rings. The fourth-order valence-electron chi connectivity index (χ4n) is 2.57. The molecule has 0 amide bonds. The Morgan fingerprint density at radius 2 is 1.81 bits per heavy atom. The molecule has 0 atom stereocenters. The van der Waals surface area contributed by atoms with Crippen LogP contribution in [0.25, 0.3) is 11.5 Å². The lowest BCUT2D eigenvalue weighted by molar-refractivity contribution is 0.270. The summed E-state index contributed by atoms with van der Waals surface area (Å²) in [6, 6.07) is 12.4. The van der Waals surface area contributed by atoms with Crippen molar-refractivity contribution in [1.29, 1.82) is 0 Å². The monoisotopic (exact) mass is 373 g/mol. The van der Waals surface area contributed by atoms with E-state index < -0.39 is 5.82 Å². The second-order valence-corrected chi connectivity index (χ2v) is 7.59. The first-order chi connectivity index (χ1) is 12.3. The van der Waals surface area contributed by atoms with E-state index in [0.717, 1.165) is 5.75 Å². The molecule has 0 spiro atoms. The third kappa shape index (κ3) is 3.91. The first kappa shape index (κ1) is 18.5. The van der Waals surface area contributed by atoms with Gasteiger partial charge in [0.25, 0.3) is 0 Å². The lowest BCUT2D eigenvalue weighted by Crippen LogP contribution is -2.10. The first-order valence-electron chi connectivity index (χ1n) is 8.40. The van der Waals surface area contributed by atoms with E-state index in [1.54, 1.807) is 19.1 Å². The van der Waals surface area contributed by atoms with E-state index in [4.69, 9.17) is 20.8 Å². The molecule has 0 fully saturated rings. The van der Waals surface area contributed by atoms with Crippen LogP contribution in [0.5, 0.6) is 5.75 Å². The van der Waals surface area contributed by atoms with Crippen molar-refractivity contribution in [2.24, 2.45) is 0 Å². The van der Waals surface area contributed by atoms with Crippen molar-refractivity contribution in [3.05, 3.63) is 70.3 Å². The number of rotatable bonds is 4. The molecule has 0 unspecified atom stereocenters. The molecule has 0 aliphatic heterocycles. The molecule has 0 bridgehead atoms. The molecule has 26 heavy (non-hydrogen) atoms. The molecule has 2 aromatic carbocycles. The highest BCUT2D eigenvalue weighted by Crippen LogP contribution is 2.31. The maximum atomic E-state index is 14.0. The zero-order valence-corrected chi connectivity index (χ0v) is 16.0. The van der Waals surface area contributed by atoms with Gasteiger partial charge >= 0.3 is 0 Å². The zero-order valence-electron chi connectivity index (χ0n) is 15.3. The highest BCUT2D eigenvalue weighted by atomic mass is 35.5. The Bertz CT molecular complexity index is 891. The van der Waals surface area contributed by atoms with Crippen LogP contribution in [-0.2, 0) is 12.0 Å². The van der Waals surface area contributed by atoms with E-state index in [1.165, 1.54) is 11.6 Å². The van der Waals surface area contributed by atoms with E-state index in [9.17, 15) is 4.39 Å². The molecule has 3 rings (SSSR count). The van der Waals surface area contributed by atoms with Crippen molar-refractivity contribution < 1.29 is 13.5 Å². The number of oxazole rings is 1. The summed E-state index contributed by atoms with van der Waals surface area (Å²) < 4.78 is 25.5. The lowest BCUT2D eigenvalue weighted by Gasteiger charge is -2.19. The number of benzene rings is 2. The molecule has 0 radical (unpaired) electrons. The second-order valence-electron chi connectivity index (χ2n) is 7.19. The van der Waals surface area contributed by atoms with Crippen LogP contribution in [0.4, 0.5) is 4.39 Å². The largest absolute Gasteiger partial charge is 0.486 e. The van der Waals surface area contributed by atoms with Gasteiger partial charge in [-0.15, -0.1) is 0 Å². The van der Waals surface area contributed by atoms with Gasteiger partial charge < -0.3 is 9.15 Å². The maximum absolute atomic E-state index is 14.0. The molecule has 1 aromatic heterocycles. The van der Waals surface area contributed by atoms with Crippen LogP contribution in [-0.4, -0.2) is 4.98 Å². The molecule has 0 saturated carbocycles. The number of ether oxygens (including phenoxy) is 1. The third-order valence-corrected chi connectivity index (χ3v) is 4.47. The van der Waals surface area contributed by atoms with E-state index in [1.807, 2.05) is 24.3 Å². The van der Waals surface area contributed by atoms with Crippen molar-refractivity contribution >= 4 is 11.6 Å². The minimum absolute atomic E-state index is 0.0912. The Balaban J connectivity index is 1.76. The Morgan fingerprint density at radius 3 is 2.42 bits per heavy atom. The van der Waals surface area contributed by atoms with Gasteiger partial charge in [0.2, 0.25) is 5.89 Å². The zero-order chi connectivity index (χ0) is 18.9. The van der Waals surface area contributed by atoms with Crippen molar-refractivity contribution in [2.75, 3.05) is 0 Å². The molecule has 1 heterocycles. The van der Waals surface area contributed by atoms with E-state index in [0.29, 0.717) is 11.5 Å². The molecule has 0 aliphatic rings. The van der Waals surface area contributed by atoms with Gasteiger partial charge in [0.05, 0.1) is 16.3 Å². The van der Waals surface area contributed by atoms with Gasteiger partial charge in [0.15, 0.2) is 5.76 Å². The molecule has 136 valence electrons. The van der Waals surface area contributed by atoms with Crippen LogP contribution < -0.4 is 4.74 Å². The normalized spacial score (nSPS) is 11.6. The summed E-state index contributed by atoms with van der Waals surface area (Å²) in [6.45, 7) is 8.49. The molecule has 5 heteroatoms. The highest BCUT2D eigenvalue weighted by Gasteiger charge is 2.18. The van der Waals surface area contributed by atoms with Gasteiger partial charge in [-0.1, -0.05) is 50.6 Å². The second kappa shape index (κ2) is 7.12. The van der Waals surface area contributed by atoms with Crippen molar-refractivity contribution in [3.8, 4) is 17.2 Å². The molecular weight excluding hydrogens is 353 g/mol. The average Bonchev–Trinajstić information content (AvgIpc) is 2.93. The standard InChI is InChI=1S/C21H21ClFNO2/c1-13-18(12-25-15-10-8-14(9-11-15)21(2,3)4)26-20(24-13)19-16(22)6-5-7-17(19)23/h5-11H,12H2,1-4H3. The average molecular weight is 374 g/mol. The van der Waals surface area contributed by atoms with Crippen LogP contribution in [0.15, 0.2) is 46.9 Å². The molecule has 0 N–H and O–H groups in total. The van der Waals surface area contributed by atoms with Crippen LogP contribution >= 0.6 is 11.6 Å². The third-order valence-electron chi connectivity index (χ3n) is 4.16. The summed E-state index contributed by atoms with van der Waals surface area (Å²) in [7, 11) is 0. The van der Waals surface area contributed by atoms with Gasteiger partial charge in [-0.05, 0) is 42.2 Å². The SMILES string of the molecule is Cc1nc(-c2c(F)cccc2Cl)oc1COc1ccc(C(C)(C)C)cc1. The van der Waals surface area contributed by atoms with Crippen molar-refractivity contribution in [3.63, 3.8) is 0 Å². The fraction of sp³-hybridized carbons (Fsp3) is 0.286. The van der Waals surface area contributed by atoms with Crippen LogP contribution in [0, 0.1) is 12.7 Å². The number of hydrogen-bond acceptors (Lipinski definition) is 3. The fourth-order valence-corrected chi connectivity index (χ4v) is 2.81. The van der Waals surface area contributed by atoms with Crippen molar-refractivity contribution in [2.45, 2.75) is 39.7 Å². The van der Waals surface area contributed by atoms with Gasteiger partial charge in [-0.3, -0.25) is 0 Å². The Kier molecular flexibility index (Phi) is 5.05. The molecule has 0 saturated heterocycles. The van der Waals surface area contributed by atoms with E-state index in [-0.39, 0.29) is 28.5 Å². The summed E-state index contributed by atoms with van der Waals surface area (Å²) in [6.07, 6.45) is 0. The minimum atomic E-state index is -0.469. The Labute approximate surface area is 157 Å². The summed E-state index contributed by atoms with van der Waals surface area (Å²) in [4.78, 5) is 4.29. The summed E-state index contributed by atoms with van der Waals surface area (Å²) in [5, 5.41) is 0.261. The predicted octanol–water partition coefficient (Wildman–Crippen LogP) is 6.32.